The highest BCUT2D eigenvalue weighted by Gasteiger charge is 2.28. The number of thiazole rings is 1. The minimum atomic E-state index is -0.555. The Morgan fingerprint density at radius 1 is 1.21 bits per heavy atom. The molecule has 1 fully saturated rings. The molecule has 2 N–H and O–H groups in total. The number of fused-ring (bicyclic) bond motifs is 2. The van der Waals surface area contributed by atoms with Gasteiger partial charge in [-0.25, -0.2) is 9.78 Å². The monoisotopic (exact) mass is 572 g/mol. The molecule has 2 aromatic heterocycles. The number of carbonyl (C=O) groups is 1. The zero-order chi connectivity index (χ0) is 27.7. The van der Waals surface area contributed by atoms with Gasteiger partial charge in [-0.05, 0) is 71.2 Å². The largest absolute Gasteiger partial charge is 0.443 e. The van der Waals surface area contributed by atoms with E-state index >= 15 is 0 Å². The van der Waals surface area contributed by atoms with Gasteiger partial charge in [0.2, 0.25) is 0 Å². The summed E-state index contributed by atoms with van der Waals surface area (Å²) in [5, 5.41) is 2.27. The molecule has 0 radical (unpaired) electrons. The van der Waals surface area contributed by atoms with Crippen molar-refractivity contribution in [2.75, 3.05) is 56.4 Å². The molecule has 0 saturated carbocycles. The van der Waals surface area contributed by atoms with Gasteiger partial charge < -0.3 is 15.4 Å². The Hall–Kier alpha value is -2.33. The molecule has 1 saturated heterocycles. The van der Waals surface area contributed by atoms with Crippen molar-refractivity contribution in [1.29, 1.82) is 0 Å². The average Bonchev–Trinajstić information content (AvgIpc) is 3.49. The van der Waals surface area contributed by atoms with Crippen LogP contribution in [0.15, 0.2) is 24.4 Å². The Labute approximate surface area is 240 Å². The Kier molecular flexibility index (Phi) is 8.42. The van der Waals surface area contributed by atoms with Crippen LogP contribution in [0, 0.1) is 0 Å². The first-order valence-electron chi connectivity index (χ1n) is 14.1. The van der Waals surface area contributed by atoms with E-state index in [0.29, 0.717) is 16.2 Å². The summed E-state index contributed by atoms with van der Waals surface area (Å²) in [5.41, 5.74) is 8.43. The second-order valence-electron chi connectivity index (χ2n) is 11.7. The molecule has 1 aliphatic carbocycles. The fourth-order valence-electron chi connectivity index (χ4n) is 5.82. The minimum absolute atomic E-state index is 0.392. The van der Waals surface area contributed by atoms with Gasteiger partial charge in [0.05, 0.1) is 21.9 Å². The van der Waals surface area contributed by atoms with Crippen LogP contribution in [-0.2, 0) is 17.6 Å². The van der Waals surface area contributed by atoms with Crippen LogP contribution in [0.25, 0.3) is 10.9 Å². The number of hydrogen-bond donors (Lipinski definition) is 1. The molecule has 2 aliphatic rings. The molecule has 39 heavy (non-hydrogen) atoms. The fourth-order valence-corrected chi connectivity index (χ4v) is 7.11. The molecule has 0 spiro atoms. The number of nitrogens with two attached hydrogens (primary N) is 1. The lowest BCUT2D eigenvalue weighted by Crippen LogP contribution is -2.50. The van der Waals surface area contributed by atoms with E-state index in [2.05, 4.69) is 26.6 Å². The molecular formula is C29H41ClN6O2S. The molecule has 1 aliphatic heterocycles. The van der Waals surface area contributed by atoms with Crippen LogP contribution in [0.1, 0.15) is 51.1 Å². The van der Waals surface area contributed by atoms with E-state index in [4.69, 9.17) is 22.1 Å². The summed E-state index contributed by atoms with van der Waals surface area (Å²) < 4.78 is 7.09. The van der Waals surface area contributed by atoms with Gasteiger partial charge in [0, 0.05) is 61.8 Å². The average molecular weight is 573 g/mol. The Morgan fingerprint density at radius 3 is 2.69 bits per heavy atom. The lowest BCUT2D eigenvalue weighted by molar-refractivity contribution is 0.0544. The summed E-state index contributed by atoms with van der Waals surface area (Å²) in [6.07, 6.45) is 5.80. The van der Waals surface area contributed by atoms with E-state index < -0.39 is 11.7 Å². The van der Waals surface area contributed by atoms with E-state index in [1.165, 1.54) is 28.0 Å². The Balaban J connectivity index is 1.18. The topological polar surface area (TPSA) is 79.9 Å². The van der Waals surface area contributed by atoms with E-state index in [0.717, 1.165) is 75.2 Å². The van der Waals surface area contributed by atoms with Crippen molar-refractivity contribution in [3.8, 4) is 0 Å². The number of aromatic nitrogens is 2. The van der Waals surface area contributed by atoms with Crippen molar-refractivity contribution >= 4 is 50.8 Å². The van der Waals surface area contributed by atoms with Crippen molar-refractivity contribution in [2.24, 2.45) is 0 Å². The van der Waals surface area contributed by atoms with Crippen molar-refractivity contribution in [3.63, 3.8) is 0 Å². The van der Waals surface area contributed by atoms with Crippen LogP contribution >= 0.6 is 22.9 Å². The van der Waals surface area contributed by atoms with Gasteiger partial charge in [0.15, 0.2) is 5.13 Å². The summed E-state index contributed by atoms with van der Waals surface area (Å²) in [6, 6.07) is 6.49. The van der Waals surface area contributed by atoms with Gasteiger partial charge in [-0.3, -0.25) is 14.4 Å². The second-order valence-corrected chi connectivity index (χ2v) is 13.2. The predicted molar refractivity (Wildman–Crippen MR) is 161 cm³/mol. The number of aryl methyl sites for hydroxylation is 1. The lowest BCUT2D eigenvalue weighted by atomic mass is 9.96. The van der Waals surface area contributed by atoms with Crippen molar-refractivity contribution in [3.05, 3.63) is 40.0 Å². The Bertz CT molecular complexity index is 1310. The van der Waals surface area contributed by atoms with Crippen LogP contribution < -0.4 is 10.6 Å². The molecule has 3 aromatic rings. The number of benzene rings is 1. The third-order valence-electron chi connectivity index (χ3n) is 7.75. The summed E-state index contributed by atoms with van der Waals surface area (Å²) in [7, 11) is 0. The molecule has 3 heterocycles. The van der Waals surface area contributed by atoms with E-state index in [1.807, 2.05) is 39.0 Å². The first-order chi connectivity index (χ1) is 18.6. The summed E-state index contributed by atoms with van der Waals surface area (Å²) in [5.74, 6) is 0. The van der Waals surface area contributed by atoms with Crippen molar-refractivity contribution in [1.82, 2.24) is 19.4 Å². The lowest BCUT2D eigenvalue weighted by Gasteiger charge is -2.39. The smallest absolute Gasteiger partial charge is 0.418 e. The highest BCUT2D eigenvalue weighted by Crippen LogP contribution is 2.35. The number of halogens is 1. The molecule has 0 bridgehead atoms. The first-order valence-corrected chi connectivity index (χ1v) is 15.3. The summed E-state index contributed by atoms with van der Waals surface area (Å²) in [4.78, 5) is 26.2. The molecule has 10 heteroatoms. The van der Waals surface area contributed by atoms with Crippen molar-refractivity contribution in [2.45, 2.75) is 65.0 Å². The highest BCUT2D eigenvalue weighted by molar-refractivity contribution is 7.15. The number of rotatable bonds is 7. The summed E-state index contributed by atoms with van der Waals surface area (Å²) >= 11 is 8.55. The van der Waals surface area contributed by atoms with Crippen LogP contribution in [0.4, 0.5) is 15.6 Å². The van der Waals surface area contributed by atoms with E-state index in [-0.39, 0.29) is 0 Å². The number of carbonyl (C=O) groups excluding carboxylic acids is 1. The maximum Gasteiger partial charge on any atom is 0.418 e. The standard InChI is InChI=1S/C29H41ClN6O2S/c1-5-11-34(20-6-7-22-25(19-20)39-27(31)32-22)16-13-33-14-17-35(18-15-33)24-9-8-23-21(26(24)30)10-12-36(23)28(37)38-29(2,3)4/h8-10,12,20H,5-7,11,13-19H2,1-4H3,(H2,31,32). The van der Waals surface area contributed by atoms with E-state index in [1.54, 1.807) is 17.5 Å². The van der Waals surface area contributed by atoms with E-state index in [9.17, 15) is 4.79 Å². The second kappa shape index (κ2) is 11.6. The number of ether oxygens (including phenoxy) is 1. The third kappa shape index (κ3) is 6.37. The molecule has 8 nitrogen and oxygen atoms in total. The van der Waals surface area contributed by atoms with Crippen LogP contribution in [0.5, 0.6) is 0 Å². The molecule has 5 rings (SSSR count). The molecule has 0 amide bonds. The molecule has 1 aromatic carbocycles. The van der Waals surface area contributed by atoms with Gasteiger partial charge in [-0.2, -0.15) is 0 Å². The first kappa shape index (κ1) is 28.2. The van der Waals surface area contributed by atoms with Crippen LogP contribution in [-0.4, -0.2) is 82.9 Å². The number of anilines is 2. The Morgan fingerprint density at radius 2 is 1.97 bits per heavy atom. The van der Waals surface area contributed by atoms with Gasteiger partial charge in [-0.1, -0.05) is 18.5 Å². The fraction of sp³-hybridized carbons (Fsp3) is 0.586. The zero-order valence-electron chi connectivity index (χ0n) is 23.6. The zero-order valence-corrected chi connectivity index (χ0v) is 25.2. The molecular weight excluding hydrogens is 532 g/mol. The van der Waals surface area contributed by atoms with Gasteiger partial charge >= 0.3 is 6.09 Å². The number of hydrogen-bond acceptors (Lipinski definition) is 8. The third-order valence-corrected chi connectivity index (χ3v) is 9.10. The number of piperazine rings is 1. The maximum absolute atomic E-state index is 12.6. The molecule has 1 unspecified atom stereocenters. The molecule has 1 atom stereocenters. The SMILES string of the molecule is CCCN(CCN1CCN(c2ccc3c(ccn3C(=O)OC(C)(C)C)c2Cl)CC1)C1CCc2nc(N)sc2C1. The molecule has 212 valence electrons. The van der Waals surface area contributed by atoms with Crippen LogP contribution in [0.3, 0.4) is 0 Å². The number of nitrogens with zero attached hydrogens (tertiary/aromatic N) is 5. The normalized spacial score (nSPS) is 18.6. The van der Waals surface area contributed by atoms with Gasteiger partial charge in [0.25, 0.3) is 0 Å². The van der Waals surface area contributed by atoms with Gasteiger partial charge in [0.1, 0.15) is 5.60 Å². The summed E-state index contributed by atoms with van der Waals surface area (Å²) in [6.45, 7) is 15.0. The van der Waals surface area contributed by atoms with Crippen molar-refractivity contribution < 1.29 is 9.53 Å². The highest BCUT2D eigenvalue weighted by atomic mass is 35.5. The quantitative estimate of drug-likeness (QED) is 0.400. The minimum Gasteiger partial charge on any atom is -0.443 e. The predicted octanol–water partition coefficient (Wildman–Crippen LogP) is 5.51. The van der Waals surface area contributed by atoms with Crippen LogP contribution in [0.2, 0.25) is 5.02 Å². The maximum atomic E-state index is 12.6. The van der Waals surface area contributed by atoms with Gasteiger partial charge in [-0.15, -0.1) is 11.3 Å². The number of nitrogen functional groups attached to an aromatic ring is 1.